The predicted molar refractivity (Wildman–Crippen MR) is 85.0 cm³/mol. The van der Waals surface area contributed by atoms with E-state index in [0.29, 0.717) is 4.99 Å². The van der Waals surface area contributed by atoms with Crippen LogP contribution in [0, 0.1) is 0 Å². The molecule has 0 saturated heterocycles. The van der Waals surface area contributed by atoms with Crippen LogP contribution in [-0.4, -0.2) is 15.0 Å². The third-order valence-corrected chi connectivity index (χ3v) is 5.74. The molecule has 0 amide bonds. The Bertz CT molecular complexity index is 673. The van der Waals surface area contributed by atoms with Crippen molar-refractivity contribution >= 4 is 56.1 Å². The molecule has 19 heavy (non-hydrogen) atoms. The molecule has 0 saturated carbocycles. The van der Waals surface area contributed by atoms with E-state index in [1.807, 2.05) is 6.07 Å². The topological polar surface area (TPSA) is 37.8 Å². The molecule has 1 atom stereocenters. The highest BCUT2D eigenvalue weighted by Crippen LogP contribution is 2.41. The maximum absolute atomic E-state index is 6.31. The summed E-state index contributed by atoms with van der Waals surface area (Å²) in [6, 6.07) is 1.91. The third kappa shape index (κ3) is 2.31. The van der Waals surface area contributed by atoms with Crippen molar-refractivity contribution in [1.82, 2.24) is 15.3 Å². The van der Waals surface area contributed by atoms with Crippen LogP contribution in [0.4, 0.5) is 0 Å². The predicted octanol–water partition coefficient (Wildman–Crippen LogP) is 3.69. The van der Waals surface area contributed by atoms with Crippen molar-refractivity contribution in [1.29, 1.82) is 0 Å². The van der Waals surface area contributed by atoms with Gasteiger partial charge >= 0.3 is 0 Å². The van der Waals surface area contributed by atoms with E-state index in [1.165, 1.54) is 0 Å². The Labute approximate surface area is 133 Å². The van der Waals surface area contributed by atoms with Crippen LogP contribution in [0.3, 0.4) is 0 Å². The SMILES string of the molecule is C[C@@]1(c2sc(Br)cc2Cl)Cc2ncncc2C(=S)N1. The summed E-state index contributed by atoms with van der Waals surface area (Å²) in [6.45, 7) is 2.09. The Hall–Kier alpha value is -0.560. The zero-order valence-electron chi connectivity index (χ0n) is 9.91. The summed E-state index contributed by atoms with van der Waals surface area (Å²) in [6.07, 6.45) is 4.04. The van der Waals surface area contributed by atoms with Crippen LogP contribution in [0.2, 0.25) is 5.02 Å². The summed E-state index contributed by atoms with van der Waals surface area (Å²) in [5.74, 6) is 0. The van der Waals surface area contributed by atoms with Crippen molar-refractivity contribution in [3.8, 4) is 0 Å². The average Bonchev–Trinajstić information content (AvgIpc) is 2.69. The quantitative estimate of drug-likeness (QED) is 0.773. The first-order valence-corrected chi connectivity index (χ1v) is 7.96. The lowest BCUT2D eigenvalue weighted by atomic mass is 9.88. The lowest BCUT2D eigenvalue weighted by Crippen LogP contribution is -2.48. The maximum Gasteiger partial charge on any atom is 0.115 e. The van der Waals surface area contributed by atoms with Crippen molar-refractivity contribution in [3.63, 3.8) is 0 Å². The highest BCUT2D eigenvalue weighted by molar-refractivity contribution is 9.11. The summed E-state index contributed by atoms with van der Waals surface area (Å²) in [7, 11) is 0. The second-order valence-corrected chi connectivity index (χ2v) is 7.82. The molecule has 7 heteroatoms. The number of hydrogen-bond acceptors (Lipinski definition) is 4. The van der Waals surface area contributed by atoms with Crippen molar-refractivity contribution in [2.24, 2.45) is 0 Å². The van der Waals surface area contributed by atoms with Gasteiger partial charge in [0.05, 0.1) is 20.0 Å². The van der Waals surface area contributed by atoms with E-state index < -0.39 is 0 Å². The maximum atomic E-state index is 6.31. The summed E-state index contributed by atoms with van der Waals surface area (Å²) in [4.78, 5) is 10.1. The molecule has 2 aromatic rings. The van der Waals surface area contributed by atoms with Crippen LogP contribution in [0.25, 0.3) is 0 Å². The van der Waals surface area contributed by atoms with Crippen molar-refractivity contribution < 1.29 is 0 Å². The average molecular weight is 375 g/mol. The van der Waals surface area contributed by atoms with Crippen LogP contribution in [0.5, 0.6) is 0 Å². The van der Waals surface area contributed by atoms with Gasteiger partial charge in [0.25, 0.3) is 0 Å². The van der Waals surface area contributed by atoms with Gasteiger partial charge in [0.15, 0.2) is 0 Å². The van der Waals surface area contributed by atoms with Crippen LogP contribution in [-0.2, 0) is 12.0 Å². The fourth-order valence-electron chi connectivity index (χ4n) is 2.24. The molecule has 0 aromatic carbocycles. The Kier molecular flexibility index (Phi) is 3.37. The van der Waals surface area contributed by atoms with Gasteiger partial charge in [-0.3, -0.25) is 0 Å². The number of hydrogen-bond donors (Lipinski definition) is 1. The van der Waals surface area contributed by atoms with Gasteiger partial charge in [-0.25, -0.2) is 9.97 Å². The van der Waals surface area contributed by atoms with Gasteiger partial charge in [0, 0.05) is 23.1 Å². The van der Waals surface area contributed by atoms with Crippen molar-refractivity contribution in [2.45, 2.75) is 18.9 Å². The molecule has 98 valence electrons. The first-order chi connectivity index (χ1) is 8.99. The fourth-order valence-corrected chi connectivity index (χ4v) is 4.85. The number of fused-ring (bicyclic) bond motifs is 1. The molecule has 0 fully saturated rings. The van der Waals surface area contributed by atoms with Crippen LogP contribution in [0.15, 0.2) is 22.4 Å². The van der Waals surface area contributed by atoms with Gasteiger partial charge in [-0.15, -0.1) is 11.3 Å². The number of rotatable bonds is 1. The zero-order valence-corrected chi connectivity index (χ0v) is 13.9. The Morgan fingerprint density at radius 2 is 2.37 bits per heavy atom. The lowest BCUT2D eigenvalue weighted by Gasteiger charge is -2.36. The molecule has 0 aliphatic carbocycles. The van der Waals surface area contributed by atoms with Gasteiger partial charge in [0.1, 0.15) is 11.3 Å². The molecule has 1 aliphatic rings. The molecule has 0 bridgehead atoms. The number of nitrogens with zero attached hydrogens (tertiary/aromatic N) is 2. The van der Waals surface area contributed by atoms with E-state index in [2.05, 4.69) is 38.1 Å². The molecule has 0 radical (unpaired) electrons. The van der Waals surface area contributed by atoms with Gasteiger partial charge in [0.2, 0.25) is 0 Å². The monoisotopic (exact) mass is 373 g/mol. The van der Waals surface area contributed by atoms with E-state index in [0.717, 1.165) is 31.4 Å². The van der Waals surface area contributed by atoms with E-state index in [-0.39, 0.29) is 5.54 Å². The second kappa shape index (κ2) is 4.77. The minimum Gasteiger partial charge on any atom is -0.365 e. The molecule has 0 unspecified atom stereocenters. The first-order valence-electron chi connectivity index (χ1n) is 5.56. The molecular formula is C12H9BrClN3S2. The molecule has 2 aromatic heterocycles. The summed E-state index contributed by atoms with van der Waals surface area (Å²) >= 11 is 16.8. The Morgan fingerprint density at radius 3 is 3.05 bits per heavy atom. The van der Waals surface area contributed by atoms with E-state index >= 15 is 0 Å². The molecule has 3 heterocycles. The van der Waals surface area contributed by atoms with Crippen molar-refractivity contribution in [2.75, 3.05) is 0 Å². The molecule has 3 rings (SSSR count). The van der Waals surface area contributed by atoms with Gasteiger partial charge in [-0.05, 0) is 28.9 Å². The molecule has 1 aliphatic heterocycles. The van der Waals surface area contributed by atoms with Gasteiger partial charge in [-0.2, -0.15) is 0 Å². The van der Waals surface area contributed by atoms with E-state index in [9.17, 15) is 0 Å². The number of halogens is 2. The van der Waals surface area contributed by atoms with E-state index in [1.54, 1.807) is 23.9 Å². The van der Waals surface area contributed by atoms with Crippen LogP contribution >= 0.6 is 51.1 Å². The van der Waals surface area contributed by atoms with Crippen LogP contribution in [0.1, 0.15) is 23.1 Å². The van der Waals surface area contributed by atoms with Gasteiger partial charge < -0.3 is 5.32 Å². The minimum absolute atomic E-state index is 0.327. The standard InChI is InChI=1S/C12H9BrClN3S2/c1-12(10-7(14)2-9(13)19-10)3-8-6(11(18)17-12)4-15-5-16-8/h2,4-5H,3H2,1H3,(H,17,18)/t12-/m0/s1. The first kappa shape index (κ1) is 13.4. The molecule has 3 nitrogen and oxygen atoms in total. The molecular weight excluding hydrogens is 366 g/mol. The van der Waals surface area contributed by atoms with Crippen molar-refractivity contribution in [3.05, 3.63) is 43.5 Å². The second-order valence-electron chi connectivity index (χ2n) is 4.57. The zero-order chi connectivity index (χ0) is 13.6. The number of thiophene rings is 1. The summed E-state index contributed by atoms with van der Waals surface area (Å²) < 4.78 is 1.01. The highest BCUT2D eigenvalue weighted by Gasteiger charge is 2.37. The largest absolute Gasteiger partial charge is 0.365 e. The molecule has 0 spiro atoms. The minimum atomic E-state index is -0.327. The smallest absolute Gasteiger partial charge is 0.115 e. The van der Waals surface area contributed by atoms with Gasteiger partial charge in [-0.1, -0.05) is 23.8 Å². The fraction of sp³-hybridized carbons (Fsp3) is 0.250. The third-order valence-electron chi connectivity index (χ3n) is 3.11. The number of nitrogens with one attached hydrogen (secondary N) is 1. The summed E-state index contributed by atoms with van der Waals surface area (Å²) in [5, 5.41) is 4.12. The number of aromatic nitrogens is 2. The highest BCUT2D eigenvalue weighted by atomic mass is 79.9. The van der Waals surface area contributed by atoms with Crippen LogP contribution < -0.4 is 5.32 Å². The number of thiocarbonyl (C=S) groups is 1. The molecule has 1 N–H and O–H groups in total. The Morgan fingerprint density at radius 1 is 1.58 bits per heavy atom. The Balaban J connectivity index is 2.09. The van der Waals surface area contributed by atoms with E-state index in [4.69, 9.17) is 23.8 Å². The summed E-state index contributed by atoms with van der Waals surface area (Å²) in [5.41, 5.74) is 1.54. The lowest BCUT2D eigenvalue weighted by molar-refractivity contribution is 0.429. The normalized spacial score (nSPS) is 21.9.